The van der Waals surface area contributed by atoms with E-state index >= 15 is 0 Å². The Kier molecular flexibility index (Phi) is 4.69. The fourth-order valence-corrected chi connectivity index (χ4v) is 13.9. The number of benzene rings is 3. The normalized spacial score (nSPS) is 19.7. The van der Waals surface area contributed by atoms with Crippen LogP contribution in [0.5, 0.6) is 0 Å². The Morgan fingerprint density at radius 3 is 2.27 bits per heavy atom. The van der Waals surface area contributed by atoms with E-state index in [9.17, 15) is 0 Å². The van der Waals surface area contributed by atoms with Gasteiger partial charge in [-0.2, -0.15) is 0 Å². The van der Waals surface area contributed by atoms with Crippen molar-refractivity contribution in [1.82, 2.24) is 0 Å². The second-order valence-corrected chi connectivity index (χ2v) is 16.3. The van der Waals surface area contributed by atoms with Crippen LogP contribution in [0, 0.1) is 0 Å². The van der Waals surface area contributed by atoms with Crippen LogP contribution in [0.15, 0.2) is 83.9 Å². The monoisotopic (exact) mass is 462 g/mol. The lowest BCUT2D eigenvalue weighted by molar-refractivity contribution is 0.979. The number of rotatable bonds is 3. The van der Waals surface area contributed by atoms with Gasteiger partial charge in [-0.3, -0.25) is 0 Å². The van der Waals surface area contributed by atoms with E-state index in [-0.39, 0.29) is 0 Å². The second-order valence-electron chi connectivity index (χ2n) is 10.4. The van der Waals surface area contributed by atoms with E-state index < -0.39 is 8.07 Å². The highest BCUT2D eigenvalue weighted by Crippen LogP contribution is 2.57. The van der Waals surface area contributed by atoms with Crippen LogP contribution in [0.4, 0.5) is 0 Å². The molecule has 164 valence electrons. The Labute approximate surface area is 202 Å². The molecular formula is C31H30SSi. The highest BCUT2D eigenvalue weighted by molar-refractivity contribution is 7.20. The maximum absolute atomic E-state index is 2.64. The van der Waals surface area contributed by atoms with E-state index in [4.69, 9.17) is 0 Å². The van der Waals surface area contributed by atoms with Crippen molar-refractivity contribution in [2.45, 2.75) is 44.9 Å². The highest BCUT2D eigenvalue weighted by atomic mass is 32.1. The zero-order valence-electron chi connectivity index (χ0n) is 20.1. The van der Waals surface area contributed by atoms with Gasteiger partial charge in [-0.15, -0.1) is 11.3 Å². The fraction of sp³-hybridized carbons (Fsp3) is 0.226. The molecule has 4 aromatic rings. The van der Waals surface area contributed by atoms with Gasteiger partial charge in [0.1, 0.15) is 0 Å². The van der Waals surface area contributed by atoms with Crippen LogP contribution in [0.3, 0.4) is 0 Å². The minimum absolute atomic E-state index is 0.542. The van der Waals surface area contributed by atoms with E-state index in [2.05, 4.69) is 113 Å². The van der Waals surface area contributed by atoms with Crippen LogP contribution >= 0.6 is 11.3 Å². The minimum Gasteiger partial charge on any atom is -0.139 e. The summed E-state index contributed by atoms with van der Waals surface area (Å²) in [6.07, 6.45) is 2.49. The predicted octanol–water partition coefficient (Wildman–Crippen LogP) is 9.45. The predicted molar refractivity (Wildman–Crippen MR) is 149 cm³/mol. The molecule has 0 fully saturated rings. The van der Waals surface area contributed by atoms with Gasteiger partial charge in [-0.05, 0) is 60.2 Å². The molecule has 0 N–H and O–H groups in total. The zero-order valence-corrected chi connectivity index (χ0v) is 21.9. The molecule has 0 saturated heterocycles. The smallest absolute Gasteiger partial charge is 0.0732 e. The Bertz CT molecular complexity index is 1470. The first kappa shape index (κ1) is 20.9. The van der Waals surface area contributed by atoms with E-state index in [0.29, 0.717) is 11.1 Å². The van der Waals surface area contributed by atoms with Crippen molar-refractivity contribution in [2.24, 2.45) is 0 Å². The molecule has 0 radical (unpaired) electrons. The molecule has 0 amide bonds. The van der Waals surface area contributed by atoms with Gasteiger partial charge in [0.05, 0.1) is 8.07 Å². The fourth-order valence-electron chi connectivity index (χ4n) is 6.74. The average molecular weight is 463 g/mol. The third-order valence-electron chi connectivity index (χ3n) is 8.14. The third kappa shape index (κ3) is 2.94. The number of hydrogen-bond acceptors (Lipinski definition) is 1. The number of hydrogen-bond donors (Lipinski definition) is 0. The molecule has 6 rings (SSSR count). The van der Waals surface area contributed by atoms with Gasteiger partial charge < -0.3 is 0 Å². The Morgan fingerprint density at radius 2 is 1.48 bits per heavy atom. The van der Waals surface area contributed by atoms with E-state index in [1.54, 1.807) is 21.6 Å². The summed E-state index contributed by atoms with van der Waals surface area (Å²) in [7, 11) is -1.81. The van der Waals surface area contributed by atoms with Crippen molar-refractivity contribution in [2.75, 3.05) is 0 Å². The first-order valence-corrected chi connectivity index (χ1v) is 15.9. The van der Waals surface area contributed by atoms with Crippen LogP contribution in [0.25, 0.3) is 32.9 Å². The molecule has 2 atom stereocenters. The van der Waals surface area contributed by atoms with Gasteiger partial charge in [0, 0.05) is 26.0 Å². The topological polar surface area (TPSA) is 0 Å². The maximum atomic E-state index is 2.64. The summed E-state index contributed by atoms with van der Waals surface area (Å²) in [4.78, 5) is 1.63. The maximum Gasteiger partial charge on any atom is 0.0732 e. The largest absolute Gasteiger partial charge is 0.139 e. The SMILES string of the molecule is CC1=Cc2c(-c3ccccc3)cccc2C1[Si](C)(C)C1C(C)=C(C)c2c1sc1ccccc21. The quantitative estimate of drug-likeness (QED) is 0.266. The van der Waals surface area contributed by atoms with Crippen LogP contribution in [0.1, 0.15) is 53.4 Å². The van der Waals surface area contributed by atoms with Crippen molar-refractivity contribution in [3.8, 4) is 11.1 Å². The van der Waals surface area contributed by atoms with Crippen LogP contribution in [-0.2, 0) is 0 Å². The zero-order chi connectivity index (χ0) is 22.9. The third-order valence-corrected chi connectivity index (χ3v) is 14.0. The Morgan fingerprint density at radius 1 is 0.758 bits per heavy atom. The summed E-state index contributed by atoms with van der Waals surface area (Å²) in [5, 5.41) is 1.45. The van der Waals surface area contributed by atoms with Gasteiger partial charge in [0.15, 0.2) is 0 Å². The van der Waals surface area contributed by atoms with Crippen molar-refractivity contribution >= 4 is 41.1 Å². The lowest BCUT2D eigenvalue weighted by atomic mass is 9.97. The summed E-state index contributed by atoms with van der Waals surface area (Å²) in [5.74, 6) is 0. The van der Waals surface area contributed by atoms with Gasteiger partial charge in [-0.25, -0.2) is 0 Å². The summed E-state index contributed by atoms with van der Waals surface area (Å²) in [5.41, 5.74) is 13.0. The molecule has 2 heteroatoms. The number of fused-ring (bicyclic) bond motifs is 4. The van der Waals surface area contributed by atoms with Crippen molar-refractivity contribution in [3.63, 3.8) is 0 Å². The highest BCUT2D eigenvalue weighted by Gasteiger charge is 2.48. The van der Waals surface area contributed by atoms with Crippen molar-refractivity contribution in [1.29, 1.82) is 0 Å². The summed E-state index contributed by atoms with van der Waals surface area (Å²) >= 11 is 2.04. The number of thiophene rings is 1. The lowest BCUT2D eigenvalue weighted by Crippen LogP contribution is -2.42. The van der Waals surface area contributed by atoms with E-state index in [0.717, 1.165) is 0 Å². The molecule has 0 bridgehead atoms. The molecular weight excluding hydrogens is 432 g/mol. The standard InChI is InChI=1S/C31H30SSi/c1-19-18-26-23(22-12-7-6-8-13-22)15-11-16-24(26)30(19)33(4,5)31-21(3)20(2)28-25-14-9-10-17-27(25)32-29(28)31/h6-18,30-31H,1-5H3. The summed E-state index contributed by atoms with van der Waals surface area (Å²) in [6.45, 7) is 12.4. The van der Waals surface area contributed by atoms with Gasteiger partial charge >= 0.3 is 0 Å². The van der Waals surface area contributed by atoms with Crippen LogP contribution in [0.2, 0.25) is 13.1 Å². The molecule has 0 spiro atoms. The van der Waals surface area contributed by atoms with E-state index in [1.807, 2.05) is 11.3 Å². The van der Waals surface area contributed by atoms with Crippen molar-refractivity contribution < 1.29 is 0 Å². The Balaban J connectivity index is 1.51. The molecule has 33 heavy (non-hydrogen) atoms. The Hall–Kier alpha value is -2.68. The molecule has 2 aliphatic carbocycles. The summed E-state index contributed by atoms with van der Waals surface area (Å²) in [6, 6.07) is 26.9. The van der Waals surface area contributed by atoms with Crippen LogP contribution in [-0.4, -0.2) is 8.07 Å². The van der Waals surface area contributed by atoms with Gasteiger partial charge in [-0.1, -0.05) is 97.0 Å². The molecule has 3 aromatic carbocycles. The first-order valence-electron chi connectivity index (χ1n) is 11.9. The molecule has 0 aliphatic heterocycles. The summed E-state index contributed by atoms with van der Waals surface area (Å²) < 4.78 is 1.44. The molecule has 2 aliphatic rings. The van der Waals surface area contributed by atoms with Crippen LogP contribution < -0.4 is 0 Å². The average Bonchev–Trinajstić information content (AvgIpc) is 3.43. The molecule has 0 saturated carbocycles. The number of allylic oxidation sites excluding steroid dienone is 3. The molecule has 1 aromatic heterocycles. The second kappa shape index (κ2) is 7.41. The van der Waals surface area contributed by atoms with E-state index in [1.165, 1.54) is 37.9 Å². The molecule has 1 heterocycles. The molecule has 0 nitrogen and oxygen atoms in total. The van der Waals surface area contributed by atoms with Crippen molar-refractivity contribution in [3.05, 3.63) is 106 Å². The van der Waals surface area contributed by atoms with Gasteiger partial charge in [0.25, 0.3) is 0 Å². The minimum atomic E-state index is -1.81. The first-order chi connectivity index (χ1) is 15.9. The van der Waals surface area contributed by atoms with Gasteiger partial charge in [0.2, 0.25) is 0 Å². The molecule has 2 unspecified atom stereocenters. The lowest BCUT2D eigenvalue weighted by Gasteiger charge is -2.38.